The van der Waals surface area contributed by atoms with Crippen LogP contribution in [-0.2, 0) is 20.0 Å². The Hall–Kier alpha value is -1.55. The lowest BCUT2D eigenvalue weighted by molar-refractivity contribution is 0.604. The molecule has 2 heterocycles. The van der Waals surface area contributed by atoms with Crippen molar-refractivity contribution in [2.24, 2.45) is 12.8 Å². The van der Waals surface area contributed by atoms with Crippen LogP contribution in [0.3, 0.4) is 0 Å². The van der Waals surface area contributed by atoms with E-state index in [1.807, 2.05) is 24.0 Å². The number of aromatic nitrogens is 3. The van der Waals surface area contributed by atoms with Crippen LogP contribution in [0.1, 0.15) is 24.7 Å². The van der Waals surface area contributed by atoms with Crippen molar-refractivity contribution in [2.45, 2.75) is 32.4 Å². The second kappa shape index (κ2) is 5.19. The van der Waals surface area contributed by atoms with E-state index in [1.54, 1.807) is 0 Å². The number of hydrogen-bond acceptors (Lipinski definition) is 2. The van der Waals surface area contributed by atoms with Gasteiger partial charge in [0, 0.05) is 37.6 Å². The molecule has 1 unspecified atom stereocenters. The molecule has 0 saturated carbocycles. The highest BCUT2D eigenvalue weighted by atomic mass is 15.3. The van der Waals surface area contributed by atoms with E-state index in [1.165, 1.54) is 5.69 Å². The Labute approximate surface area is 102 Å². The Kier molecular flexibility index (Phi) is 3.64. The topological polar surface area (TPSA) is 48.8 Å². The summed E-state index contributed by atoms with van der Waals surface area (Å²) in [5.41, 5.74) is 8.36. The minimum Gasteiger partial charge on any atom is -0.345 e. The van der Waals surface area contributed by atoms with Gasteiger partial charge in [0.05, 0.1) is 12.2 Å². The average molecular weight is 232 g/mol. The number of rotatable bonds is 5. The minimum absolute atomic E-state index is 0.243. The van der Waals surface area contributed by atoms with Crippen molar-refractivity contribution in [3.8, 4) is 0 Å². The van der Waals surface area contributed by atoms with Crippen LogP contribution in [0.25, 0.3) is 0 Å². The van der Waals surface area contributed by atoms with E-state index in [9.17, 15) is 0 Å². The lowest BCUT2D eigenvalue weighted by Crippen LogP contribution is -2.23. The van der Waals surface area contributed by atoms with Crippen LogP contribution in [0, 0.1) is 0 Å². The second-order valence-electron chi connectivity index (χ2n) is 4.48. The monoisotopic (exact) mass is 232 g/mol. The molecular weight excluding hydrogens is 212 g/mol. The normalized spacial score (nSPS) is 12.9. The zero-order valence-electron chi connectivity index (χ0n) is 10.5. The van der Waals surface area contributed by atoms with Crippen LogP contribution in [0.4, 0.5) is 0 Å². The lowest BCUT2D eigenvalue weighted by atomic mass is 10.1. The van der Waals surface area contributed by atoms with Gasteiger partial charge in [0.2, 0.25) is 0 Å². The maximum atomic E-state index is 6.00. The molecule has 2 rings (SSSR count). The first-order valence-electron chi connectivity index (χ1n) is 6.07. The van der Waals surface area contributed by atoms with Crippen molar-refractivity contribution in [2.75, 3.05) is 0 Å². The van der Waals surface area contributed by atoms with Gasteiger partial charge < -0.3 is 10.3 Å². The highest BCUT2D eigenvalue weighted by Gasteiger charge is 2.07. The van der Waals surface area contributed by atoms with E-state index >= 15 is 0 Å². The minimum atomic E-state index is 0.243. The summed E-state index contributed by atoms with van der Waals surface area (Å²) < 4.78 is 4.05. The molecule has 4 nitrogen and oxygen atoms in total. The van der Waals surface area contributed by atoms with Gasteiger partial charge in [0.1, 0.15) is 0 Å². The predicted molar refractivity (Wildman–Crippen MR) is 68.7 cm³/mol. The fraction of sp³-hybridized carbons (Fsp3) is 0.462. The maximum Gasteiger partial charge on any atom is 0.0821 e. The zero-order chi connectivity index (χ0) is 12.3. The summed E-state index contributed by atoms with van der Waals surface area (Å²) in [6, 6.07) is 6.50. The molecule has 0 radical (unpaired) electrons. The first-order valence-corrected chi connectivity index (χ1v) is 6.07. The Bertz CT molecular complexity index is 469. The van der Waals surface area contributed by atoms with Crippen molar-refractivity contribution in [1.29, 1.82) is 0 Å². The third-order valence-electron chi connectivity index (χ3n) is 3.02. The quantitative estimate of drug-likeness (QED) is 0.850. The van der Waals surface area contributed by atoms with E-state index in [0.29, 0.717) is 0 Å². The Morgan fingerprint density at radius 2 is 2.18 bits per heavy atom. The van der Waals surface area contributed by atoms with Gasteiger partial charge in [-0.25, -0.2) is 0 Å². The van der Waals surface area contributed by atoms with Crippen molar-refractivity contribution >= 4 is 0 Å². The number of aryl methyl sites for hydroxylation is 1. The molecule has 0 fully saturated rings. The summed E-state index contributed by atoms with van der Waals surface area (Å²) in [5.74, 6) is 0. The maximum absolute atomic E-state index is 6.00. The summed E-state index contributed by atoms with van der Waals surface area (Å²) in [7, 11) is 1.94. The largest absolute Gasteiger partial charge is 0.345 e. The van der Waals surface area contributed by atoms with E-state index in [2.05, 4.69) is 34.9 Å². The third-order valence-corrected chi connectivity index (χ3v) is 3.02. The van der Waals surface area contributed by atoms with Crippen LogP contribution >= 0.6 is 0 Å². The summed E-state index contributed by atoms with van der Waals surface area (Å²) in [5, 5.41) is 4.39. The molecule has 0 bridgehead atoms. The van der Waals surface area contributed by atoms with Gasteiger partial charge in [-0.2, -0.15) is 5.10 Å². The molecule has 0 amide bonds. The molecule has 17 heavy (non-hydrogen) atoms. The van der Waals surface area contributed by atoms with Crippen LogP contribution in [0.15, 0.2) is 30.6 Å². The molecule has 2 aromatic rings. The molecule has 4 heteroatoms. The zero-order valence-corrected chi connectivity index (χ0v) is 10.5. The third kappa shape index (κ3) is 2.97. The van der Waals surface area contributed by atoms with Gasteiger partial charge in [0.15, 0.2) is 0 Å². The van der Waals surface area contributed by atoms with Gasteiger partial charge in [-0.05, 0) is 24.6 Å². The second-order valence-corrected chi connectivity index (χ2v) is 4.48. The Morgan fingerprint density at radius 3 is 2.82 bits per heavy atom. The molecule has 2 aromatic heterocycles. The Morgan fingerprint density at radius 1 is 1.35 bits per heavy atom. The molecule has 1 atom stereocenters. The molecule has 0 aliphatic heterocycles. The summed E-state index contributed by atoms with van der Waals surface area (Å²) in [6.45, 7) is 2.94. The fourth-order valence-electron chi connectivity index (χ4n) is 1.92. The van der Waals surface area contributed by atoms with Gasteiger partial charge >= 0.3 is 0 Å². The Balaban J connectivity index is 2.08. The standard InChI is InChI=1S/C13H20N4/c1-3-11(14)9-13-5-4-7-17(13)10-12-6-8-16(2)15-12/h4-8,11H,3,9-10,14H2,1-2H3. The van der Waals surface area contributed by atoms with Crippen molar-refractivity contribution in [3.63, 3.8) is 0 Å². The van der Waals surface area contributed by atoms with E-state index in [0.717, 1.165) is 25.1 Å². The SMILES string of the molecule is CCC(N)Cc1cccn1Cc1ccn(C)n1. The van der Waals surface area contributed by atoms with Gasteiger partial charge in [-0.15, -0.1) is 0 Å². The molecule has 0 aliphatic rings. The molecular formula is C13H20N4. The molecule has 0 aliphatic carbocycles. The predicted octanol–water partition coefficient (Wildman–Crippen LogP) is 1.55. The summed E-state index contributed by atoms with van der Waals surface area (Å²) in [4.78, 5) is 0. The highest BCUT2D eigenvalue weighted by molar-refractivity contribution is 5.12. The van der Waals surface area contributed by atoms with Gasteiger partial charge in [-0.1, -0.05) is 6.92 Å². The van der Waals surface area contributed by atoms with Gasteiger partial charge in [0.25, 0.3) is 0 Å². The fourth-order valence-corrected chi connectivity index (χ4v) is 1.92. The van der Waals surface area contributed by atoms with Crippen LogP contribution in [0.2, 0.25) is 0 Å². The van der Waals surface area contributed by atoms with Crippen LogP contribution < -0.4 is 5.73 Å². The van der Waals surface area contributed by atoms with Crippen LogP contribution in [0.5, 0.6) is 0 Å². The summed E-state index contributed by atoms with van der Waals surface area (Å²) in [6.07, 6.45) is 5.99. The molecule has 0 spiro atoms. The first kappa shape index (κ1) is 11.9. The van der Waals surface area contributed by atoms with Crippen molar-refractivity contribution < 1.29 is 0 Å². The van der Waals surface area contributed by atoms with Crippen LogP contribution in [-0.4, -0.2) is 20.4 Å². The molecule has 2 N–H and O–H groups in total. The van der Waals surface area contributed by atoms with E-state index in [-0.39, 0.29) is 6.04 Å². The van der Waals surface area contributed by atoms with E-state index in [4.69, 9.17) is 5.73 Å². The summed E-state index contributed by atoms with van der Waals surface area (Å²) >= 11 is 0. The number of nitrogens with two attached hydrogens (primary N) is 1. The molecule has 92 valence electrons. The van der Waals surface area contributed by atoms with Crippen molar-refractivity contribution in [3.05, 3.63) is 42.0 Å². The molecule has 0 saturated heterocycles. The number of hydrogen-bond donors (Lipinski definition) is 1. The number of nitrogens with zero attached hydrogens (tertiary/aromatic N) is 3. The highest BCUT2D eigenvalue weighted by Crippen LogP contribution is 2.09. The first-order chi connectivity index (χ1) is 8.19. The lowest BCUT2D eigenvalue weighted by Gasteiger charge is -2.11. The van der Waals surface area contributed by atoms with E-state index < -0.39 is 0 Å². The average Bonchev–Trinajstić information content (AvgIpc) is 2.89. The van der Waals surface area contributed by atoms with Crippen molar-refractivity contribution in [1.82, 2.24) is 14.3 Å². The smallest absolute Gasteiger partial charge is 0.0821 e. The molecule has 0 aromatic carbocycles. The van der Waals surface area contributed by atoms with Gasteiger partial charge in [-0.3, -0.25) is 4.68 Å².